The Kier molecular flexibility index (Phi) is 7.82. The molecule has 0 aliphatic rings. The molecule has 0 bridgehead atoms. The molecule has 0 amide bonds. The number of nitrogens with zero attached hydrogens (tertiary/aromatic N) is 6. The molecule has 0 fully saturated rings. The molecule has 2 heterocycles. The molecule has 0 N–H and O–H groups in total. The molecule has 0 spiro atoms. The highest BCUT2D eigenvalue weighted by Gasteiger charge is 2.22. The molecule has 53 heavy (non-hydrogen) atoms. The van der Waals surface area contributed by atoms with E-state index in [0.717, 1.165) is 55.2 Å². The average Bonchev–Trinajstić information content (AvgIpc) is 3.56. The minimum absolute atomic E-state index is 0.330. The fraction of sp³-hybridized carbons (Fsp3) is 0. The van der Waals surface area contributed by atoms with Crippen LogP contribution in [0.3, 0.4) is 0 Å². The largest absolute Gasteiger partial charge is 0.307 e. The van der Waals surface area contributed by atoms with Crippen molar-refractivity contribution in [2.45, 2.75) is 0 Å². The molecule has 9 aromatic rings. The fourth-order valence-electron chi connectivity index (χ4n) is 6.99. The van der Waals surface area contributed by atoms with Gasteiger partial charge in [0.15, 0.2) is 17.5 Å². The van der Waals surface area contributed by atoms with Crippen LogP contribution in [0.4, 0.5) is 0 Å². The lowest BCUT2D eigenvalue weighted by Crippen LogP contribution is -2.04. The van der Waals surface area contributed by atoms with Crippen molar-refractivity contribution in [3.8, 4) is 74.2 Å². The van der Waals surface area contributed by atoms with Crippen LogP contribution in [-0.2, 0) is 0 Å². The van der Waals surface area contributed by atoms with E-state index in [1.54, 1.807) is 12.1 Å². The van der Waals surface area contributed by atoms with Crippen LogP contribution < -0.4 is 0 Å². The Labute approximate surface area is 306 Å². The van der Waals surface area contributed by atoms with E-state index >= 15 is 0 Å². The monoisotopic (exact) mass is 676 g/mol. The van der Waals surface area contributed by atoms with E-state index in [1.165, 1.54) is 0 Å². The summed E-state index contributed by atoms with van der Waals surface area (Å²) >= 11 is 0. The van der Waals surface area contributed by atoms with Gasteiger partial charge in [-0.1, -0.05) is 146 Å². The highest BCUT2D eigenvalue weighted by Crippen LogP contribution is 2.39. The van der Waals surface area contributed by atoms with E-state index in [9.17, 15) is 10.5 Å². The van der Waals surface area contributed by atoms with Crippen molar-refractivity contribution in [3.05, 3.63) is 181 Å². The third-order valence-electron chi connectivity index (χ3n) is 9.51. The third-order valence-corrected chi connectivity index (χ3v) is 9.51. The molecular formula is C47H28N6. The fourth-order valence-corrected chi connectivity index (χ4v) is 6.99. The second-order valence-electron chi connectivity index (χ2n) is 12.7. The first kappa shape index (κ1) is 31.3. The van der Waals surface area contributed by atoms with Crippen molar-refractivity contribution < 1.29 is 0 Å². The van der Waals surface area contributed by atoms with Crippen LogP contribution in [0.1, 0.15) is 11.1 Å². The molecule has 0 radical (unpaired) electrons. The van der Waals surface area contributed by atoms with Crippen molar-refractivity contribution in [1.29, 1.82) is 10.5 Å². The Morgan fingerprint density at radius 2 is 0.717 bits per heavy atom. The number of hydrogen-bond acceptors (Lipinski definition) is 5. The van der Waals surface area contributed by atoms with Gasteiger partial charge in [0.1, 0.15) is 12.1 Å². The van der Waals surface area contributed by atoms with Gasteiger partial charge in [0.05, 0.1) is 27.8 Å². The van der Waals surface area contributed by atoms with Crippen molar-refractivity contribution in [2.24, 2.45) is 0 Å². The van der Waals surface area contributed by atoms with Gasteiger partial charge in [-0.15, -0.1) is 0 Å². The Morgan fingerprint density at radius 1 is 0.358 bits per heavy atom. The maximum Gasteiger partial charge on any atom is 0.164 e. The molecule has 0 saturated heterocycles. The van der Waals surface area contributed by atoms with E-state index in [1.807, 2.05) is 97.1 Å². The topological polar surface area (TPSA) is 91.2 Å². The van der Waals surface area contributed by atoms with Crippen molar-refractivity contribution in [1.82, 2.24) is 19.5 Å². The van der Waals surface area contributed by atoms with Gasteiger partial charge in [-0.05, 0) is 46.5 Å². The van der Waals surface area contributed by atoms with Gasteiger partial charge in [-0.2, -0.15) is 10.5 Å². The number of hydrogen-bond donors (Lipinski definition) is 0. The Hall–Kier alpha value is -7.67. The molecule has 6 nitrogen and oxygen atoms in total. The van der Waals surface area contributed by atoms with Crippen LogP contribution in [0.2, 0.25) is 0 Å². The first-order valence-corrected chi connectivity index (χ1v) is 17.2. The quantitative estimate of drug-likeness (QED) is 0.175. The van der Waals surface area contributed by atoms with Crippen LogP contribution in [0.5, 0.6) is 0 Å². The summed E-state index contributed by atoms with van der Waals surface area (Å²) < 4.78 is 2.07. The number of aromatic nitrogens is 4. The second kappa shape index (κ2) is 13.2. The normalized spacial score (nSPS) is 11.0. The second-order valence-corrected chi connectivity index (χ2v) is 12.7. The molecule has 2 aromatic heterocycles. The minimum atomic E-state index is 0.330. The van der Waals surface area contributed by atoms with E-state index in [2.05, 4.69) is 77.4 Å². The van der Waals surface area contributed by atoms with Gasteiger partial charge in [0.2, 0.25) is 0 Å². The van der Waals surface area contributed by atoms with Gasteiger partial charge >= 0.3 is 0 Å². The van der Waals surface area contributed by atoms with E-state index < -0.39 is 0 Å². The van der Waals surface area contributed by atoms with E-state index in [-0.39, 0.29) is 0 Å². The van der Waals surface area contributed by atoms with Gasteiger partial charge in [-0.25, -0.2) is 15.0 Å². The highest BCUT2D eigenvalue weighted by molar-refractivity contribution is 6.11. The van der Waals surface area contributed by atoms with Crippen LogP contribution in [-0.4, -0.2) is 19.5 Å². The molecule has 0 atom stereocenters. The smallest absolute Gasteiger partial charge is 0.164 e. The molecule has 7 aromatic carbocycles. The molecule has 0 aliphatic heterocycles. The predicted octanol–water partition coefficient (Wildman–Crippen LogP) is 11.0. The Bertz CT molecular complexity index is 2700. The van der Waals surface area contributed by atoms with Crippen molar-refractivity contribution in [2.75, 3.05) is 0 Å². The summed E-state index contributed by atoms with van der Waals surface area (Å²) in [4.78, 5) is 14.6. The van der Waals surface area contributed by atoms with Crippen LogP contribution in [0.15, 0.2) is 170 Å². The summed E-state index contributed by atoms with van der Waals surface area (Å²) in [5.41, 5.74) is 9.39. The number of benzene rings is 7. The SMILES string of the molecule is N#Cc1cc(-c2nc(-c3ccccc3)nc(-c3ccccc3)n2)cc(C#N)c1-n1c2cc(-c3ccccc3)ccc2c2ccc(-c3ccccc3)cc21. The zero-order chi connectivity index (χ0) is 35.7. The van der Waals surface area contributed by atoms with Crippen LogP contribution in [0, 0.1) is 22.7 Å². The molecule has 0 aliphatic carbocycles. The zero-order valence-corrected chi connectivity index (χ0v) is 28.3. The summed E-state index contributed by atoms with van der Waals surface area (Å²) in [5, 5.41) is 23.8. The van der Waals surface area contributed by atoms with E-state index in [4.69, 9.17) is 15.0 Å². The first-order valence-electron chi connectivity index (χ1n) is 17.2. The number of fused-ring (bicyclic) bond motifs is 3. The molecule has 9 rings (SSSR count). The molecule has 0 saturated carbocycles. The van der Waals surface area contributed by atoms with Gasteiger partial charge in [-0.3, -0.25) is 0 Å². The van der Waals surface area contributed by atoms with E-state index in [0.29, 0.717) is 39.9 Å². The summed E-state index contributed by atoms with van der Waals surface area (Å²) in [6, 6.07) is 61.2. The molecule has 0 unspecified atom stereocenters. The van der Waals surface area contributed by atoms with Gasteiger partial charge in [0, 0.05) is 27.5 Å². The minimum Gasteiger partial charge on any atom is -0.307 e. The summed E-state index contributed by atoms with van der Waals surface area (Å²) in [6.07, 6.45) is 0. The number of nitriles is 2. The Morgan fingerprint density at radius 3 is 1.09 bits per heavy atom. The lowest BCUT2D eigenvalue weighted by molar-refractivity contribution is 1.07. The van der Waals surface area contributed by atoms with Gasteiger partial charge in [0.25, 0.3) is 0 Å². The summed E-state index contributed by atoms with van der Waals surface area (Å²) in [6.45, 7) is 0. The van der Waals surface area contributed by atoms with Gasteiger partial charge < -0.3 is 4.57 Å². The van der Waals surface area contributed by atoms with Crippen molar-refractivity contribution in [3.63, 3.8) is 0 Å². The predicted molar refractivity (Wildman–Crippen MR) is 211 cm³/mol. The molecule has 246 valence electrons. The summed E-state index contributed by atoms with van der Waals surface area (Å²) in [7, 11) is 0. The molecular weight excluding hydrogens is 649 g/mol. The Balaban J connectivity index is 1.31. The average molecular weight is 677 g/mol. The van der Waals surface area contributed by atoms with Crippen LogP contribution >= 0.6 is 0 Å². The summed E-state index contributed by atoms with van der Waals surface area (Å²) in [5.74, 6) is 1.37. The van der Waals surface area contributed by atoms with Crippen molar-refractivity contribution >= 4 is 21.8 Å². The maximum absolute atomic E-state index is 10.9. The highest BCUT2D eigenvalue weighted by atomic mass is 15.0. The maximum atomic E-state index is 10.9. The standard InChI is InChI=1S/C47H28N6/c48-29-38-25-37(47-51-45(33-17-9-3-10-18-33)50-46(52-47)34-19-11-4-12-20-34)26-39(30-49)44(38)53-42-27-35(31-13-5-1-6-14-31)21-23-40(42)41-24-22-36(28-43(41)53)32-15-7-2-8-16-32/h1-28H. The first-order chi connectivity index (χ1) is 26.2. The zero-order valence-electron chi connectivity index (χ0n) is 28.3. The number of rotatable bonds is 6. The molecule has 6 heteroatoms. The third kappa shape index (κ3) is 5.67. The lowest BCUT2D eigenvalue weighted by Gasteiger charge is -2.15. The lowest BCUT2D eigenvalue weighted by atomic mass is 10.0. The van der Waals surface area contributed by atoms with Crippen LogP contribution in [0.25, 0.3) is 83.9 Å².